The summed E-state index contributed by atoms with van der Waals surface area (Å²) in [4.78, 5) is 25.1. The standard InChI is InChI=1S/C14H20N4O2S/c1-16-13(20)9-18(2)8-7-12(19)17-11-5-3-10(4-6-11)14(15)21/h3-6H,7-9H2,1-2H3,(H2,15,21)(H,16,20)(H,17,19). The van der Waals surface area contributed by atoms with Crippen molar-refractivity contribution < 1.29 is 9.59 Å². The Morgan fingerprint density at radius 2 is 1.86 bits per heavy atom. The van der Waals surface area contributed by atoms with E-state index in [2.05, 4.69) is 10.6 Å². The van der Waals surface area contributed by atoms with Crippen LogP contribution in [-0.4, -0.2) is 48.9 Å². The molecule has 0 aliphatic carbocycles. The van der Waals surface area contributed by atoms with Gasteiger partial charge < -0.3 is 16.4 Å². The Labute approximate surface area is 129 Å². The monoisotopic (exact) mass is 308 g/mol. The molecule has 0 spiro atoms. The molecule has 0 aromatic heterocycles. The number of benzene rings is 1. The molecule has 1 aromatic rings. The average molecular weight is 308 g/mol. The molecule has 4 N–H and O–H groups in total. The topological polar surface area (TPSA) is 87.5 Å². The first-order valence-corrected chi connectivity index (χ1v) is 6.92. The van der Waals surface area contributed by atoms with Crippen molar-refractivity contribution in [1.29, 1.82) is 0 Å². The van der Waals surface area contributed by atoms with E-state index in [1.54, 1.807) is 43.3 Å². The minimum Gasteiger partial charge on any atom is -0.389 e. The third kappa shape index (κ3) is 6.33. The van der Waals surface area contributed by atoms with Gasteiger partial charge >= 0.3 is 0 Å². The summed E-state index contributed by atoms with van der Waals surface area (Å²) in [6.45, 7) is 0.774. The van der Waals surface area contributed by atoms with Crippen molar-refractivity contribution in [3.8, 4) is 0 Å². The third-order valence-electron chi connectivity index (χ3n) is 2.87. The van der Waals surface area contributed by atoms with Crippen molar-refractivity contribution in [2.75, 3.05) is 32.5 Å². The van der Waals surface area contributed by atoms with Crippen LogP contribution in [-0.2, 0) is 9.59 Å². The van der Waals surface area contributed by atoms with E-state index >= 15 is 0 Å². The lowest BCUT2D eigenvalue weighted by atomic mass is 10.2. The van der Waals surface area contributed by atoms with Crippen LogP contribution in [0, 0.1) is 0 Å². The van der Waals surface area contributed by atoms with Gasteiger partial charge in [0.2, 0.25) is 11.8 Å². The van der Waals surface area contributed by atoms with Gasteiger partial charge in [0, 0.05) is 31.3 Å². The van der Waals surface area contributed by atoms with Gasteiger partial charge in [0.25, 0.3) is 0 Å². The zero-order valence-electron chi connectivity index (χ0n) is 12.2. The summed E-state index contributed by atoms with van der Waals surface area (Å²) >= 11 is 4.86. The summed E-state index contributed by atoms with van der Waals surface area (Å²) < 4.78 is 0. The van der Waals surface area contributed by atoms with E-state index in [1.165, 1.54) is 0 Å². The smallest absolute Gasteiger partial charge is 0.233 e. The van der Waals surface area contributed by atoms with Gasteiger partial charge in [-0.2, -0.15) is 0 Å². The van der Waals surface area contributed by atoms with E-state index in [4.69, 9.17) is 18.0 Å². The second kappa shape index (κ2) is 8.33. The maximum Gasteiger partial charge on any atom is 0.233 e. The molecule has 0 unspecified atom stereocenters. The number of thiocarbonyl (C=S) groups is 1. The van der Waals surface area contributed by atoms with Crippen molar-refractivity contribution in [2.45, 2.75) is 6.42 Å². The summed E-state index contributed by atoms with van der Waals surface area (Å²) in [6, 6.07) is 7.02. The number of carbonyl (C=O) groups excluding carboxylic acids is 2. The Hall–Kier alpha value is -1.99. The Morgan fingerprint density at radius 3 is 2.38 bits per heavy atom. The van der Waals surface area contributed by atoms with E-state index in [1.807, 2.05) is 0 Å². The predicted molar refractivity (Wildman–Crippen MR) is 87.1 cm³/mol. The minimum atomic E-state index is -0.109. The van der Waals surface area contributed by atoms with Crippen molar-refractivity contribution in [1.82, 2.24) is 10.2 Å². The Balaban J connectivity index is 2.39. The molecule has 1 rings (SSSR count). The first kappa shape index (κ1) is 17.1. The highest BCUT2D eigenvalue weighted by Crippen LogP contribution is 2.09. The molecule has 114 valence electrons. The fourth-order valence-electron chi connectivity index (χ4n) is 1.64. The predicted octanol–water partition coefficient (Wildman–Crippen LogP) is 0.327. The number of hydrogen-bond acceptors (Lipinski definition) is 4. The second-order valence-corrected chi connectivity index (χ2v) is 5.09. The first-order valence-electron chi connectivity index (χ1n) is 6.51. The molecule has 21 heavy (non-hydrogen) atoms. The normalized spacial score (nSPS) is 10.2. The molecule has 2 amide bonds. The number of carbonyl (C=O) groups is 2. The van der Waals surface area contributed by atoms with Gasteiger partial charge in [-0.05, 0) is 31.3 Å². The van der Waals surface area contributed by atoms with E-state index < -0.39 is 0 Å². The van der Waals surface area contributed by atoms with Crippen molar-refractivity contribution in [3.63, 3.8) is 0 Å². The molecule has 0 saturated carbocycles. The van der Waals surface area contributed by atoms with Gasteiger partial charge in [-0.25, -0.2) is 0 Å². The highest BCUT2D eigenvalue weighted by Gasteiger charge is 2.08. The number of nitrogens with two attached hydrogens (primary N) is 1. The summed E-state index contributed by atoms with van der Waals surface area (Å²) in [5.41, 5.74) is 6.95. The maximum absolute atomic E-state index is 11.8. The van der Waals surface area contributed by atoms with Gasteiger partial charge in [-0.1, -0.05) is 12.2 Å². The maximum atomic E-state index is 11.8. The molecule has 7 heteroatoms. The number of nitrogens with zero attached hydrogens (tertiary/aromatic N) is 1. The average Bonchev–Trinajstić information content (AvgIpc) is 2.45. The SMILES string of the molecule is CNC(=O)CN(C)CCC(=O)Nc1ccc(C(N)=S)cc1. The fraction of sp³-hybridized carbons (Fsp3) is 0.357. The zero-order valence-corrected chi connectivity index (χ0v) is 13.0. The van der Waals surface area contributed by atoms with Crippen molar-refractivity contribution >= 4 is 34.7 Å². The highest BCUT2D eigenvalue weighted by molar-refractivity contribution is 7.80. The number of anilines is 1. The molecule has 0 fully saturated rings. The number of likely N-dealkylation sites (N-methyl/N-ethyl adjacent to an activating group) is 2. The highest BCUT2D eigenvalue weighted by atomic mass is 32.1. The zero-order chi connectivity index (χ0) is 15.8. The van der Waals surface area contributed by atoms with Gasteiger partial charge in [0.1, 0.15) is 4.99 Å². The lowest BCUT2D eigenvalue weighted by molar-refractivity contribution is -0.122. The number of amides is 2. The molecule has 0 atom stereocenters. The molecular weight excluding hydrogens is 288 g/mol. The molecule has 0 radical (unpaired) electrons. The molecule has 6 nitrogen and oxygen atoms in total. The second-order valence-electron chi connectivity index (χ2n) is 4.65. The summed E-state index contributed by atoms with van der Waals surface area (Å²) in [6.07, 6.45) is 0.310. The van der Waals surface area contributed by atoms with Gasteiger partial charge in [-0.3, -0.25) is 14.5 Å². The summed E-state index contributed by atoms with van der Waals surface area (Å²) in [7, 11) is 3.37. The van der Waals surface area contributed by atoms with Gasteiger partial charge in [0.05, 0.1) is 6.54 Å². The van der Waals surface area contributed by atoms with E-state index in [0.29, 0.717) is 23.6 Å². The van der Waals surface area contributed by atoms with Crippen LogP contribution < -0.4 is 16.4 Å². The lowest BCUT2D eigenvalue weighted by Gasteiger charge is -2.15. The molecular formula is C14H20N4O2S. The molecule has 0 aliphatic rings. The Morgan fingerprint density at radius 1 is 1.24 bits per heavy atom. The quantitative estimate of drug-likeness (QED) is 0.632. The molecule has 0 heterocycles. The van der Waals surface area contributed by atoms with Crippen LogP contribution in [0.25, 0.3) is 0 Å². The first-order chi connectivity index (χ1) is 9.92. The molecule has 0 bridgehead atoms. The third-order valence-corrected chi connectivity index (χ3v) is 3.10. The van der Waals surface area contributed by atoms with Gasteiger partial charge in [0.15, 0.2) is 0 Å². The van der Waals surface area contributed by atoms with E-state index in [9.17, 15) is 9.59 Å². The Kier molecular flexibility index (Phi) is 6.77. The van der Waals surface area contributed by atoms with Crippen LogP contribution in [0.1, 0.15) is 12.0 Å². The van der Waals surface area contributed by atoms with Crippen molar-refractivity contribution in [3.05, 3.63) is 29.8 Å². The minimum absolute atomic E-state index is 0.0775. The summed E-state index contributed by atoms with van der Waals surface area (Å²) in [5, 5.41) is 5.32. The van der Waals surface area contributed by atoms with Crippen molar-refractivity contribution in [2.24, 2.45) is 5.73 Å². The van der Waals surface area contributed by atoms with Gasteiger partial charge in [-0.15, -0.1) is 0 Å². The Bertz CT molecular complexity index is 516. The largest absolute Gasteiger partial charge is 0.389 e. The van der Waals surface area contributed by atoms with Crippen LogP contribution in [0.4, 0.5) is 5.69 Å². The summed E-state index contributed by atoms with van der Waals surface area (Å²) in [5.74, 6) is -0.187. The van der Waals surface area contributed by atoms with Crippen LogP contribution >= 0.6 is 12.2 Å². The number of nitrogens with one attached hydrogen (secondary N) is 2. The van der Waals surface area contributed by atoms with E-state index in [0.717, 1.165) is 5.56 Å². The molecule has 0 aliphatic heterocycles. The number of hydrogen-bond donors (Lipinski definition) is 3. The van der Waals surface area contributed by atoms with Crippen LogP contribution in [0.2, 0.25) is 0 Å². The van der Waals surface area contributed by atoms with Crippen LogP contribution in [0.5, 0.6) is 0 Å². The van der Waals surface area contributed by atoms with Crippen LogP contribution in [0.15, 0.2) is 24.3 Å². The molecule has 0 saturated heterocycles. The van der Waals surface area contributed by atoms with E-state index in [-0.39, 0.29) is 18.4 Å². The lowest BCUT2D eigenvalue weighted by Crippen LogP contribution is -2.34. The number of rotatable bonds is 7. The fourth-order valence-corrected chi connectivity index (χ4v) is 1.77. The van der Waals surface area contributed by atoms with Crippen LogP contribution in [0.3, 0.4) is 0 Å². The molecule has 1 aromatic carbocycles.